The van der Waals surface area contributed by atoms with Crippen LogP contribution in [-0.2, 0) is 18.0 Å². The molecule has 2 aliphatic rings. The van der Waals surface area contributed by atoms with Gasteiger partial charge in [-0.2, -0.15) is 0 Å². The topological polar surface area (TPSA) is 60.5 Å². The summed E-state index contributed by atoms with van der Waals surface area (Å²) in [5.74, 6) is 2.72. The SMILES string of the molecule is CC(C)(C)OC(=O)N1CCC(c2cccc3c2OCCN3c2ccc(OCc3ccccc3)cc2OCc2ccccc2)CC1. The first-order valence-electron chi connectivity index (χ1n) is 15.8. The molecule has 0 saturated carbocycles. The van der Waals surface area contributed by atoms with Crippen LogP contribution in [-0.4, -0.2) is 42.8 Å². The summed E-state index contributed by atoms with van der Waals surface area (Å²) in [7, 11) is 0. The van der Waals surface area contributed by atoms with Gasteiger partial charge in [-0.15, -0.1) is 0 Å². The monoisotopic (exact) mass is 606 g/mol. The van der Waals surface area contributed by atoms with Gasteiger partial charge in [0.1, 0.15) is 42.7 Å². The third-order valence-corrected chi connectivity index (χ3v) is 8.17. The Kier molecular flexibility index (Phi) is 9.15. The number of likely N-dealkylation sites (tertiary alicyclic amines) is 1. The van der Waals surface area contributed by atoms with Crippen LogP contribution in [0.3, 0.4) is 0 Å². The van der Waals surface area contributed by atoms with E-state index in [4.69, 9.17) is 18.9 Å². The first-order chi connectivity index (χ1) is 21.8. The third-order valence-electron chi connectivity index (χ3n) is 8.17. The molecule has 1 saturated heterocycles. The third kappa shape index (κ3) is 7.54. The van der Waals surface area contributed by atoms with Crippen molar-refractivity contribution in [3.63, 3.8) is 0 Å². The number of anilines is 2. The molecule has 2 heterocycles. The lowest BCUT2D eigenvalue weighted by molar-refractivity contribution is 0.0204. The molecule has 1 amide bonds. The molecule has 7 heteroatoms. The molecule has 0 N–H and O–H groups in total. The van der Waals surface area contributed by atoms with Gasteiger partial charge in [0.25, 0.3) is 0 Å². The summed E-state index contributed by atoms with van der Waals surface area (Å²) in [4.78, 5) is 16.8. The number of benzene rings is 4. The Morgan fingerprint density at radius 3 is 2.11 bits per heavy atom. The van der Waals surface area contributed by atoms with E-state index < -0.39 is 5.60 Å². The zero-order chi connectivity index (χ0) is 31.2. The molecular formula is C38H42N2O5. The predicted molar refractivity (Wildman–Crippen MR) is 177 cm³/mol. The lowest BCUT2D eigenvalue weighted by Crippen LogP contribution is -2.41. The number of hydrogen-bond acceptors (Lipinski definition) is 6. The summed E-state index contributed by atoms with van der Waals surface area (Å²) < 4.78 is 24.7. The summed E-state index contributed by atoms with van der Waals surface area (Å²) in [6.45, 7) is 9.22. The van der Waals surface area contributed by atoms with E-state index in [0.717, 1.165) is 52.6 Å². The van der Waals surface area contributed by atoms with Crippen LogP contribution in [0.1, 0.15) is 56.2 Å². The molecule has 0 aliphatic carbocycles. The van der Waals surface area contributed by atoms with E-state index in [0.29, 0.717) is 45.4 Å². The maximum absolute atomic E-state index is 12.7. The van der Waals surface area contributed by atoms with Gasteiger partial charge in [0.2, 0.25) is 0 Å². The highest BCUT2D eigenvalue weighted by Crippen LogP contribution is 2.46. The fraction of sp³-hybridized carbons (Fsp3) is 0.342. The van der Waals surface area contributed by atoms with Crippen LogP contribution in [0.2, 0.25) is 0 Å². The number of carbonyl (C=O) groups is 1. The summed E-state index contributed by atoms with van der Waals surface area (Å²) >= 11 is 0. The highest BCUT2D eigenvalue weighted by molar-refractivity contribution is 5.76. The molecule has 7 nitrogen and oxygen atoms in total. The van der Waals surface area contributed by atoms with Gasteiger partial charge in [-0.3, -0.25) is 0 Å². The Labute approximate surface area is 266 Å². The van der Waals surface area contributed by atoms with E-state index in [2.05, 4.69) is 53.4 Å². The average molecular weight is 607 g/mol. The number of carbonyl (C=O) groups excluding carboxylic acids is 1. The highest BCUT2D eigenvalue weighted by Gasteiger charge is 2.31. The number of fused-ring (bicyclic) bond motifs is 1. The first-order valence-corrected chi connectivity index (χ1v) is 15.8. The molecule has 0 radical (unpaired) electrons. The van der Waals surface area contributed by atoms with Gasteiger partial charge in [0.05, 0.1) is 17.9 Å². The van der Waals surface area contributed by atoms with Crippen molar-refractivity contribution in [1.29, 1.82) is 0 Å². The fourth-order valence-electron chi connectivity index (χ4n) is 5.94. The van der Waals surface area contributed by atoms with E-state index in [1.807, 2.05) is 74.2 Å². The molecule has 0 aromatic heterocycles. The summed E-state index contributed by atoms with van der Waals surface area (Å²) in [5.41, 5.74) is 4.90. The van der Waals surface area contributed by atoms with Gasteiger partial charge in [0, 0.05) is 19.2 Å². The summed E-state index contributed by atoms with van der Waals surface area (Å²) in [6, 6.07) is 32.9. The largest absolute Gasteiger partial charge is 0.489 e. The standard InChI is InChI=1S/C38H42N2O5/c1-38(2,3)45-37(41)39-21-19-30(20-22-39)32-15-10-16-34-36(32)42-24-23-40(34)33-18-17-31(43-26-28-11-6-4-7-12-28)25-35(33)44-27-29-13-8-5-9-14-29/h4-18,25,30H,19-24,26-27H2,1-3H3. The van der Waals surface area contributed by atoms with Crippen LogP contribution in [0.5, 0.6) is 17.2 Å². The minimum Gasteiger partial charge on any atom is -0.489 e. The van der Waals surface area contributed by atoms with E-state index in [1.165, 1.54) is 5.56 Å². The minimum atomic E-state index is -0.500. The Bertz CT molecular complexity index is 1580. The maximum Gasteiger partial charge on any atom is 0.410 e. The molecule has 2 aliphatic heterocycles. The molecule has 6 rings (SSSR count). The van der Waals surface area contributed by atoms with E-state index in [-0.39, 0.29) is 6.09 Å². The lowest BCUT2D eigenvalue weighted by atomic mass is 9.88. The second-order valence-corrected chi connectivity index (χ2v) is 12.6. The molecule has 0 bridgehead atoms. The second kappa shape index (κ2) is 13.6. The average Bonchev–Trinajstić information content (AvgIpc) is 3.06. The molecule has 0 spiro atoms. The van der Waals surface area contributed by atoms with Crippen molar-refractivity contribution in [1.82, 2.24) is 4.90 Å². The number of piperidine rings is 1. The van der Waals surface area contributed by atoms with Crippen LogP contribution in [0.15, 0.2) is 97.1 Å². The molecule has 4 aromatic carbocycles. The van der Waals surface area contributed by atoms with Gasteiger partial charge in [-0.1, -0.05) is 72.8 Å². The predicted octanol–water partition coefficient (Wildman–Crippen LogP) is 8.49. The lowest BCUT2D eigenvalue weighted by Gasteiger charge is -2.37. The Hall–Kier alpha value is -4.65. The van der Waals surface area contributed by atoms with Crippen molar-refractivity contribution >= 4 is 17.5 Å². The van der Waals surface area contributed by atoms with Gasteiger partial charge >= 0.3 is 6.09 Å². The van der Waals surface area contributed by atoms with Crippen LogP contribution in [0, 0.1) is 0 Å². The first kappa shape index (κ1) is 30.4. The molecule has 0 atom stereocenters. The van der Waals surface area contributed by atoms with E-state index >= 15 is 0 Å². The fourth-order valence-corrected chi connectivity index (χ4v) is 5.94. The van der Waals surface area contributed by atoms with Gasteiger partial charge in [-0.25, -0.2) is 4.79 Å². The van der Waals surface area contributed by atoms with Crippen LogP contribution in [0.4, 0.5) is 16.2 Å². The zero-order valence-corrected chi connectivity index (χ0v) is 26.4. The maximum atomic E-state index is 12.7. The summed E-state index contributed by atoms with van der Waals surface area (Å²) in [6.07, 6.45) is 1.48. The van der Waals surface area contributed by atoms with Crippen molar-refractivity contribution in [2.24, 2.45) is 0 Å². The number of amides is 1. The second-order valence-electron chi connectivity index (χ2n) is 12.6. The highest BCUT2D eigenvalue weighted by atomic mass is 16.6. The Morgan fingerprint density at radius 2 is 1.44 bits per heavy atom. The smallest absolute Gasteiger partial charge is 0.410 e. The number of nitrogens with zero attached hydrogens (tertiary/aromatic N) is 2. The van der Waals surface area contributed by atoms with Crippen molar-refractivity contribution < 1.29 is 23.7 Å². The quantitative estimate of drug-likeness (QED) is 0.201. The van der Waals surface area contributed by atoms with E-state index in [9.17, 15) is 4.79 Å². The molecule has 234 valence electrons. The molecule has 0 unspecified atom stereocenters. The number of para-hydroxylation sites is 1. The minimum absolute atomic E-state index is 0.238. The number of ether oxygens (including phenoxy) is 4. The van der Waals surface area contributed by atoms with Crippen LogP contribution >= 0.6 is 0 Å². The molecule has 4 aromatic rings. The van der Waals surface area contributed by atoms with Gasteiger partial charge < -0.3 is 28.7 Å². The Balaban J connectivity index is 1.24. The van der Waals surface area contributed by atoms with E-state index in [1.54, 1.807) is 0 Å². The molecule has 1 fully saturated rings. The normalized spacial score (nSPS) is 15.2. The zero-order valence-electron chi connectivity index (χ0n) is 26.4. The van der Waals surface area contributed by atoms with Gasteiger partial charge in [0.15, 0.2) is 0 Å². The molecule has 45 heavy (non-hydrogen) atoms. The van der Waals surface area contributed by atoms with Gasteiger partial charge in [-0.05, 0) is 74.4 Å². The van der Waals surface area contributed by atoms with Crippen molar-refractivity contribution in [2.45, 2.75) is 58.3 Å². The molecular weight excluding hydrogens is 564 g/mol. The van der Waals surface area contributed by atoms with Crippen LogP contribution < -0.4 is 19.1 Å². The van der Waals surface area contributed by atoms with Crippen molar-refractivity contribution in [3.8, 4) is 17.2 Å². The number of hydrogen-bond donors (Lipinski definition) is 0. The summed E-state index contributed by atoms with van der Waals surface area (Å²) in [5, 5.41) is 0. The van der Waals surface area contributed by atoms with Crippen molar-refractivity contribution in [3.05, 3.63) is 114 Å². The van der Waals surface area contributed by atoms with Crippen molar-refractivity contribution in [2.75, 3.05) is 31.1 Å². The number of rotatable bonds is 8. The van der Waals surface area contributed by atoms with Crippen LogP contribution in [0.25, 0.3) is 0 Å². The Morgan fingerprint density at radius 1 is 0.778 bits per heavy atom.